The van der Waals surface area contributed by atoms with Crippen LogP contribution in [0.2, 0.25) is 0 Å². The molecule has 1 aliphatic rings. The normalized spacial score (nSPS) is 17.1. The summed E-state index contributed by atoms with van der Waals surface area (Å²) < 4.78 is 0. The van der Waals surface area contributed by atoms with Crippen LogP contribution in [0, 0.1) is 0 Å². The fraction of sp³-hybridized carbons (Fsp3) is 0.364. The summed E-state index contributed by atoms with van der Waals surface area (Å²) >= 11 is 0. The van der Waals surface area contributed by atoms with E-state index < -0.39 is 0 Å². The van der Waals surface area contributed by atoms with Gasteiger partial charge in [-0.25, -0.2) is 0 Å². The first kappa shape index (κ1) is 18.2. The molecule has 3 rings (SSSR count). The Bertz CT molecular complexity index is 773. The maximum absolute atomic E-state index is 12.8. The monoisotopic (exact) mass is 350 g/mol. The fourth-order valence-corrected chi connectivity index (χ4v) is 3.66. The first-order valence-corrected chi connectivity index (χ1v) is 9.25. The van der Waals surface area contributed by atoms with Crippen LogP contribution in [0.4, 0.5) is 0 Å². The van der Waals surface area contributed by atoms with Crippen LogP contribution in [-0.4, -0.2) is 29.8 Å². The van der Waals surface area contributed by atoms with Crippen LogP contribution >= 0.6 is 0 Å². The third-order valence-electron chi connectivity index (χ3n) is 5.09. The van der Waals surface area contributed by atoms with Crippen molar-refractivity contribution >= 4 is 11.8 Å². The number of nitrogens with one attached hydrogen (secondary N) is 1. The second-order valence-electron chi connectivity index (χ2n) is 7.06. The van der Waals surface area contributed by atoms with E-state index in [-0.39, 0.29) is 23.9 Å². The Labute approximate surface area is 155 Å². The molecule has 0 aromatic heterocycles. The predicted octanol–water partition coefficient (Wildman–Crippen LogP) is 3.73. The molecule has 0 fully saturated rings. The van der Waals surface area contributed by atoms with Crippen molar-refractivity contribution in [3.8, 4) is 0 Å². The van der Waals surface area contributed by atoms with Crippen LogP contribution in [-0.2, 0) is 11.2 Å². The maximum Gasteiger partial charge on any atom is 0.251 e. The zero-order valence-electron chi connectivity index (χ0n) is 15.4. The van der Waals surface area contributed by atoms with Gasteiger partial charge in [0, 0.05) is 25.1 Å². The molecule has 4 heteroatoms. The molecule has 136 valence electrons. The van der Waals surface area contributed by atoms with Gasteiger partial charge >= 0.3 is 0 Å². The van der Waals surface area contributed by atoms with Crippen molar-refractivity contribution < 1.29 is 9.59 Å². The second kappa shape index (κ2) is 8.17. The van der Waals surface area contributed by atoms with Gasteiger partial charge in [0.15, 0.2) is 0 Å². The lowest BCUT2D eigenvalue weighted by atomic mass is 9.87. The van der Waals surface area contributed by atoms with E-state index in [1.54, 1.807) is 12.1 Å². The number of fused-ring (bicyclic) bond motifs is 1. The topological polar surface area (TPSA) is 49.4 Å². The van der Waals surface area contributed by atoms with E-state index in [1.165, 1.54) is 11.1 Å². The van der Waals surface area contributed by atoms with Crippen molar-refractivity contribution in [2.75, 3.05) is 7.05 Å². The molecule has 0 bridgehead atoms. The zero-order chi connectivity index (χ0) is 18.5. The van der Waals surface area contributed by atoms with Gasteiger partial charge in [0.1, 0.15) is 0 Å². The number of carbonyl (C=O) groups is 2. The van der Waals surface area contributed by atoms with Crippen molar-refractivity contribution in [3.63, 3.8) is 0 Å². The van der Waals surface area contributed by atoms with Crippen LogP contribution < -0.4 is 5.32 Å². The Morgan fingerprint density at radius 2 is 1.81 bits per heavy atom. The molecule has 2 amide bonds. The molecule has 2 aromatic carbocycles. The molecule has 0 aliphatic heterocycles. The van der Waals surface area contributed by atoms with Crippen molar-refractivity contribution in [2.24, 2.45) is 0 Å². The standard InChI is InChI=1S/C22H26N2O2/c1-16(23-22(26)18-10-4-3-5-11-18)15-21(25)24(2)20-14-8-12-17-9-6-7-13-19(17)20/h3-7,9-11,13,16,20H,8,12,14-15H2,1-2H3,(H,23,26)/t16-,20-/m0/s1. The van der Waals surface area contributed by atoms with Gasteiger partial charge in [0.25, 0.3) is 5.91 Å². The van der Waals surface area contributed by atoms with E-state index >= 15 is 0 Å². The van der Waals surface area contributed by atoms with E-state index in [0.29, 0.717) is 12.0 Å². The predicted molar refractivity (Wildman–Crippen MR) is 103 cm³/mol. The first-order valence-electron chi connectivity index (χ1n) is 9.25. The average molecular weight is 350 g/mol. The van der Waals surface area contributed by atoms with E-state index in [9.17, 15) is 9.59 Å². The molecule has 26 heavy (non-hydrogen) atoms. The summed E-state index contributed by atoms with van der Waals surface area (Å²) in [5.74, 6) is -0.0795. The number of aryl methyl sites for hydroxylation is 1. The number of carbonyl (C=O) groups excluding carboxylic acids is 2. The van der Waals surface area contributed by atoms with Gasteiger partial charge in [-0.2, -0.15) is 0 Å². The Balaban J connectivity index is 1.60. The van der Waals surface area contributed by atoms with Gasteiger partial charge in [-0.1, -0.05) is 42.5 Å². The molecular formula is C22H26N2O2. The van der Waals surface area contributed by atoms with Gasteiger partial charge in [-0.05, 0) is 49.4 Å². The fourth-order valence-electron chi connectivity index (χ4n) is 3.66. The third-order valence-corrected chi connectivity index (χ3v) is 5.09. The Morgan fingerprint density at radius 1 is 1.12 bits per heavy atom. The number of rotatable bonds is 5. The third kappa shape index (κ3) is 4.13. The molecule has 1 aliphatic carbocycles. The largest absolute Gasteiger partial charge is 0.349 e. The minimum Gasteiger partial charge on any atom is -0.349 e. The van der Waals surface area contributed by atoms with Gasteiger partial charge in [-0.3, -0.25) is 9.59 Å². The molecule has 2 atom stereocenters. The smallest absolute Gasteiger partial charge is 0.251 e. The van der Waals surface area contributed by atoms with Gasteiger partial charge in [0.2, 0.25) is 5.91 Å². The second-order valence-corrected chi connectivity index (χ2v) is 7.06. The van der Waals surface area contributed by atoms with Crippen LogP contribution in [0.3, 0.4) is 0 Å². The molecule has 0 saturated heterocycles. The first-order chi connectivity index (χ1) is 12.6. The molecule has 0 spiro atoms. The molecule has 4 nitrogen and oxygen atoms in total. The van der Waals surface area contributed by atoms with Crippen LogP contribution in [0.25, 0.3) is 0 Å². The Morgan fingerprint density at radius 3 is 2.58 bits per heavy atom. The van der Waals surface area contributed by atoms with Gasteiger partial charge in [0.05, 0.1) is 6.04 Å². The number of hydrogen-bond donors (Lipinski definition) is 1. The lowest BCUT2D eigenvalue weighted by Crippen LogP contribution is -2.39. The highest BCUT2D eigenvalue weighted by Gasteiger charge is 2.27. The molecule has 1 N–H and O–H groups in total. The zero-order valence-corrected chi connectivity index (χ0v) is 15.4. The van der Waals surface area contributed by atoms with Crippen molar-refractivity contribution in [1.82, 2.24) is 10.2 Å². The van der Waals surface area contributed by atoms with Crippen molar-refractivity contribution in [3.05, 3.63) is 71.3 Å². The molecule has 0 radical (unpaired) electrons. The van der Waals surface area contributed by atoms with E-state index in [4.69, 9.17) is 0 Å². The minimum atomic E-state index is -0.212. The Hall–Kier alpha value is -2.62. The minimum absolute atomic E-state index is 0.0626. The molecule has 0 heterocycles. The summed E-state index contributed by atoms with van der Waals surface area (Å²) in [5, 5.41) is 2.92. The van der Waals surface area contributed by atoms with E-state index in [1.807, 2.05) is 43.1 Å². The number of benzene rings is 2. The summed E-state index contributed by atoms with van der Waals surface area (Å²) in [5.41, 5.74) is 3.21. The lowest BCUT2D eigenvalue weighted by molar-refractivity contribution is -0.132. The highest BCUT2D eigenvalue weighted by Crippen LogP contribution is 2.33. The van der Waals surface area contributed by atoms with Crippen molar-refractivity contribution in [2.45, 2.75) is 44.7 Å². The summed E-state index contributed by atoms with van der Waals surface area (Å²) in [6.45, 7) is 1.88. The lowest BCUT2D eigenvalue weighted by Gasteiger charge is -2.34. The average Bonchev–Trinajstić information content (AvgIpc) is 2.67. The van der Waals surface area contributed by atoms with Crippen LogP contribution in [0.15, 0.2) is 54.6 Å². The molecule has 0 saturated carbocycles. The van der Waals surface area contributed by atoms with E-state index in [0.717, 1.165) is 19.3 Å². The molecule has 2 aromatic rings. The number of amides is 2. The van der Waals surface area contributed by atoms with Crippen LogP contribution in [0.5, 0.6) is 0 Å². The summed E-state index contributed by atoms with van der Waals surface area (Å²) in [6.07, 6.45) is 3.47. The van der Waals surface area contributed by atoms with Crippen LogP contribution in [0.1, 0.15) is 53.7 Å². The van der Waals surface area contributed by atoms with Gasteiger partial charge in [-0.15, -0.1) is 0 Å². The van der Waals surface area contributed by atoms with Gasteiger partial charge < -0.3 is 10.2 Å². The summed E-state index contributed by atoms with van der Waals surface area (Å²) in [7, 11) is 1.88. The highest BCUT2D eigenvalue weighted by molar-refractivity contribution is 5.94. The quantitative estimate of drug-likeness (QED) is 0.893. The summed E-state index contributed by atoms with van der Waals surface area (Å²) in [4.78, 5) is 26.8. The Kier molecular flexibility index (Phi) is 5.71. The van der Waals surface area contributed by atoms with E-state index in [2.05, 4.69) is 23.5 Å². The molecular weight excluding hydrogens is 324 g/mol. The maximum atomic E-state index is 12.8. The highest BCUT2D eigenvalue weighted by atomic mass is 16.2. The molecule has 0 unspecified atom stereocenters. The van der Waals surface area contributed by atoms with Crippen molar-refractivity contribution in [1.29, 1.82) is 0 Å². The number of hydrogen-bond acceptors (Lipinski definition) is 2. The SMILES string of the molecule is C[C@@H](CC(=O)N(C)[C@H]1CCCc2ccccc21)NC(=O)c1ccccc1. The summed E-state index contributed by atoms with van der Waals surface area (Å²) in [6, 6.07) is 17.4. The number of nitrogens with zero attached hydrogens (tertiary/aromatic N) is 1.